The highest BCUT2D eigenvalue weighted by molar-refractivity contribution is 8.01. The van der Waals surface area contributed by atoms with E-state index in [2.05, 4.69) is 41.6 Å². The van der Waals surface area contributed by atoms with E-state index in [1.807, 2.05) is 36.4 Å². The summed E-state index contributed by atoms with van der Waals surface area (Å²) < 4.78 is 7.50. The molecule has 160 valence electrons. The number of methoxy groups -OCH3 is 1. The maximum Gasteiger partial charge on any atom is 0.235 e. The predicted octanol–water partition coefficient (Wildman–Crippen LogP) is 3.81. The van der Waals surface area contributed by atoms with Crippen molar-refractivity contribution in [1.82, 2.24) is 20.0 Å². The third-order valence-corrected chi connectivity index (χ3v) is 6.08. The summed E-state index contributed by atoms with van der Waals surface area (Å²) in [4.78, 5) is 12.6. The minimum absolute atomic E-state index is 0.123. The molecule has 1 amide bonds. The number of anilines is 2. The van der Waals surface area contributed by atoms with Crippen molar-refractivity contribution in [2.45, 2.75) is 30.5 Å². The number of amides is 1. The lowest BCUT2D eigenvalue weighted by Gasteiger charge is -2.14. The molecule has 8 nitrogen and oxygen atoms in total. The minimum atomic E-state index is -0.132. The van der Waals surface area contributed by atoms with Crippen molar-refractivity contribution in [3.63, 3.8) is 0 Å². The quantitative estimate of drug-likeness (QED) is 0.381. The summed E-state index contributed by atoms with van der Waals surface area (Å²) in [6.07, 6.45) is 0. The number of rotatable bonds is 9. The van der Waals surface area contributed by atoms with Gasteiger partial charge in [-0.1, -0.05) is 62.1 Å². The van der Waals surface area contributed by atoms with E-state index in [0.717, 1.165) is 15.7 Å². The normalized spacial score (nSPS) is 11.5. The van der Waals surface area contributed by atoms with Crippen LogP contribution in [0.25, 0.3) is 5.69 Å². The van der Waals surface area contributed by atoms with Gasteiger partial charge < -0.3 is 15.4 Å². The maximum absolute atomic E-state index is 12.6. The van der Waals surface area contributed by atoms with Crippen molar-refractivity contribution >= 4 is 40.0 Å². The first kappa shape index (κ1) is 22.3. The van der Waals surface area contributed by atoms with E-state index in [4.69, 9.17) is 9.84 Å². The number of carbonyl (C=O) groups excluding carboxylic acids is 1. The van der Waals surface area contributed by atoms with E-state index >= 15 is 0 Å². The van der Waals surface area contributed by atoms with Gasteiger partial charge in [0.25, 0.3) is 0 Å². The van der Waals surface area contributed by atoms with Gasteiger partial charge in [-0.2, -0.15) is 5.10 Å². The molecule has 0 aliphatic heterocycles. The number of hydrogen-bond donors (Lipinski definition) is 2. The van der Waals surface area contributed by atoms with Crippen LogP contribution in [0.1, 0.15) is 26.5 Å². The number of ether oxygens (including phenoxy) is 1. The van der Waals surface area contributed by atoms with Crippen molar-refractivity contribution in [3.8, 4) is 5.69 Å². The number of thioether (sulfide) groups is 1. The summed E-state index contributed by atoms with van der Waals surface area (Å²) in [6, 6.07) is 11.7. The van der Waals surface area contributed by atoms with Crippen LogP contribution in [0.2, 0.25) is 0 Å². The Morgan fingerprint density at radius 2 is 2.00 bits per heavy atom. The van der Waals surface area contributed by atoms with Gasteiger partial charge in [0.15, 0.2) is 4.34 Å². The number of aromatic nitrogens is 4. The topological polar surface area (TPSA) is 94.0 Å². The number of para-hydroxylation sites is 1. The second-order valence-corrected chi connectivity index (χ2v) is 9.74. The molecule has 0 atom stereocenters. The summed E-state index contributed by atoms with van der Waals surface area (Å²) in [6.45, 7) is 7.55. The Labute approximate surface area is 184 Å². The molecule has 0 aliphatic carbocycles. The Balaban J connectivity index is 1.65. The van der Waals surface area contributed by atoms with Crippen LogP contribution in [0.3, 0.4) is 0 Å². The molecule has 3 aromatic rings. The summed E-state index contributed by atoms with van der Waals surface area (Å²) in [5, 5.41) is 19.7. The van der Waals surface area contributed by atoms with Crippen LogP contribution in [-0.4, -0.2) is 51.9 Å². The van der Waals surface area contributed by atoms with Crippen molar-refractivity contribution < 1.29 is 9.53 Å². The number of hydrogen-bond acceptors (Lipinski definition) is 8. The molecule has 10 heteroatoms. The molecule has 2 N–H and O–H groups in total. The van der Waals surface area contributed by atoms with Crippen LogP contribution in [0.5, 0.6) is 0 Å². The average molecular weight is 447 g/mol. The third-order valence-electron chi connectivity index (χ3n) is 4.06. The Kier molecular flexibility index (Phi) is 7.46. The zero-order valence-electron chi connectivity index (χ0n) is 17.5. The van der Waals surface area contributed by atoms with Gasteiger partial charge in [-0.15, -0.1) is 10.2 Å². The average Bonchev–Trinajstić information content (AvgIpc) is 3.34. The Hall–Kier alpha value is -2.43. The summed E-state index contributed by atoms with van der Waals surface area (Å²) in [5.74, 6) is 0.759. The fourth-order valence-corrected chi connectivity index (χ4v) is 4.09. The molecule has 1 aromatic carbocycles. The number of carbonyl (C=O) groups is 1. The third kappa shape index (κ3) is 6.04. The molecule has 0 saturated carbocycles. The fourth-order valence-electron chi connectivity index (χ4n) is 2.51. The number of benzene rings is 1. The molecule has 2 aromatic heterocycles. The van der Waals surface area contributed by atoms with Gasteiger partial charge in [0.1, 0.15) is 5.82 Å². The van der Waals surface area contributed by atoms with Gasteiger partial charge in [0.05, 0.1) is 23.7 Å². The summed E-state index contributed by atoms with van der Waals surface area (Å²) in [7, 11) is 1.65. The zero-order chi connectivity index (χ0) is 21.6. The standard InChI is InChI=1S/C20H26N6O2S2/c1-20(2,3)15-12-16(26(25-15)14-8-6-5-7-9-14)22-17(27)13-29-19-24-23-18(30-19)21-10-11-28-4/h5-9,12H,10-11,13H2,1-4H3,(H,21,23)(H,22,27). The van der Waals surface area contributed by atoms with E-state index in [-0.39, 0.29) is 17.1 Å². The minimum Gasteiger partial charge on any atom is -0.383 e. The maximum atomic E-state index is 12.6. The second-order valence-electron chi connectivity index (χ2n) is 7.54. The van der Waals surface area contributed by atoms with E-state index in [0.29, 0.717) is 24.1 Å². The molecule has 3 rings (SSSR count). The smallest absolute Gasteiger partial charge is 0.235 e. The molecular weight excluding hydrogens is 420 g/mol. The van der Waals surface area contributed by atoms with Crippen molar-refractivity contribution in [3.05, 3.63) is 42.1 Å². The zero-order valence-corrected chi connectivity index (χ0v) is 19.1. The molecule has 0 bridgehead atoms. The molecular formula is C20H26N6O2S2. The molecule has 0 unspecified atom stereocenters. The Bertz CT molecular complexity index is 965. The van der Waals surface area contributed by atoms with Crippen molar-refractivity contribution in [2.24, 2.45) is 0 Å². The first-order valence-corrected chi connectivity index (χ1v) is 11.3. The van der Waals surface area contributed by atoms with Gasteiger partial charge >= 0.3 is 0 Å². The lowest BCUT2D eigenvalue weighted by atomic mass is 9.92. The fraction of sp³-hybridized carbons (Fsp3) is 0.400. The first-order valence-electron chi connectivity index (χ1n) is 9.52. The van der Waals surface area contributed by atoms with Crippen molar-refractivity contribution in [1.29, 1.82) is 0 Å². The molecule has 0 aliphatic rings. The summed E-state index contributed by atoms with van der Waals surface area (Å²) in [5.41, 5.74) is 1.67. The van der Waals surface area contributed by atoms with E-state index < -0.39 is 0 Å². The van der Waals surface area contributed by atoms with Crippen LogP contribution in [0.15, 0.2) is 40.7 Å². The molecule has 2 heterocycles. The molecule has 0 fully saturated rings. The van der Waals surface area contributed by atoms with Gasteiger partial charge in [-0.3, -0.25) is 4.79 Å². The molecule has 30 heavy (non-hydrogen) atoms. The van der Waals surface area contributed by atoms with Crippen LogP contribution >= 0.6 is 23.1 Å². The highest BCUT2D eigenvalue weighted by Gasteiger charge is 2.21. The molecule has 0 radical (unpaired) electrons. The first-order chi connectivity index (χ1) is 14.4. The van der Waals surface area contributed by atoms with Gasteiger partial charge in [-0.05, 0) is 12.1 Å². The summed E-state index contributed by atoms with van der Waals surface area (Å²) >= 11 is 2.77. The molecule has 0 spiro atoms. The van der Waals surface area contributed by atoms with E-state index in [9.17, 15) is 4.79 Å². The van der Waals surface area contributed by atoms with E-state index in [1.165, 1.54) is 23.1 Å². The monoisotopic (exact) mass is 446 g/mol. The van der Waals surface area contributed by atoms with Gasteiger partial charge in [0, 0.05) is 25.1 Å². The van der Waals surface area contributed by atoms with Crippen LogP contribution in [0.4, 0.5) is 10.9 Å². The number of nitrogens with one attached hydrogen (secondary N) is 2. The van der Waals surface area contributed by atoms with Crippen molar-refractivity contribution in [2.75, 3.05) is 36.6 Å². The van der Waals surface area contributed by atoms with Crippen LogP contribution < -0.4 is 10.6 Å². The number of nitrogens with zero attached hydrogens (tertiary/aromatic N) is 4. The second kappa shape index (κ2) is 10.1. The largest absolute Gasteiger partial charge is 0.383 e. The van der Waals surface area contributed by atoms with Crippen LogP contribution in [0, 0.1) is 0 Å². The Morgan fingerprint density at radius 3 is 2.70 bits per heavy atom. The highest BCUT2D eigenvalue weighted by atomic mass is 32.2. The highest BCUT2D eigenvalue weighted by Crippen LogP contribution is 2.28. The SMILES string of the molecule is COCCNc1nnc(SCC(=O)Nc2cc(C(C)(C)C)nn2-c2ccccc2)s1. The van der Waals surface area contributed by atoms with E-state index in [1.54, 1.807) is 11.8 Å². The lowest BCUT2D eigenvalue weighted by Crippen LogP contribution is -2.16. The van der Waals surface area contributed by atoms with Gasteiger partial charge in [-0.25, -0.2) is 4.68 Å². The predicted molar refractivity (Wildman–Crippen MR) is 122 cm³/mol. The van der Waals surface area contributed by atoms with Crippen LogP contribution in [-0.2, 0) is 14.9 Å². The Morgan fingerprint density at radius 1 is 1.23 bits per heavy atom. The molecule has 0 saturated heterocycles. The lowest BCUT2D eigenvalue weighted by molar-refractivity contribution is -0.113. The van der Waals surface area contributed by atoms with Gasteiger partial charge in [0.2, 0.25) is 11.0 Å².